The van der Waals surface area contributed by atoms with Crippen molar-refractivity contribution in [1.82, 2.24) is 0 Å². The van der Waals surface area contributed by atoms with Crippen LogP contribution in [0.2, 0.25) is 0 Å². The third-order valence-corrected chi connectivity index (χ3v) is 3.59. The summed E-state index contributed by atoms with van der Waals surface area (Å²) in [5.74, 6) is -1.80. The van der Waals surface area contributed by atoms with Crippen molar-refractivity contribution < 1.29 is 19.0 Å². The van der Waals surface area contributed by atoms with E-state index in [4.69, 9.17) is 15.6 Å². The fourth-order valence-corrected chi connectivity index (χ4v) is 2.68. The summed E-state index contributed by atoms with van der Waals surface area (Å²) in [4.78, 5) is 11.2. The standard InChI is InChI=1S/C13H8Br2FNO3/c14-6-1-3-9(7(15)5-6)20-10-4-2-8(16)12(17)11(10)13(18)19/h1-5H,17H2,(H,18,19). The molecular weight excluding hydrogens is 397 g/mol. The van der Waals surface area contributed by atoms with Crippen molar-refractivity contribution in [2.24, 2.45) is 0 Å². The van der Waals surface area contributed by atoms with Crippen LogP contribution in [0, 0.1) is 5.82 Å². The van der Waals surface area contributed by atoms with Crippen molar-refractivity contribution in [1.29, 1.82) is 0 Å². The molecule has 2 rings (SSSR count). The first-order valence-electron chi connectivity index (χ1n) is 5.34. The van der Waals surface area contributed by atoms with Gasteiger partial charge in [0.05, 0.1) is 10.2 Å². The molecule has 0 heterocycles. The Morgan fingerprint density at radius 3 is 2.45 bits per heavy atom. The fourth-order valence-electron chi connectivity index (χ4n) is 1.56. The van der Waals surface area contributed by atoms with E-state index < -0.39 is 23.0 Å². The molecule has 2 aromatic rings. The van der Waals surface area contributed by atoms with Crippen molar-refractivity contribution in [3.8, 4) is 11.5 Å². The lowest BCUT2D eigenvalue weighted by molar-refractivity contribution is 0.0695. The first kappa shape index (κ1) is 14.8. The largest absolute Gasteiger partial charge is 0.477 e. The number of aromatic carboxylic acids is 1. The predicted molar refractivity (Wildman–Crippen MR) is 79.7 cm³/mol. The molecule has 0 bridgehead atoms. The summed E-state index contributed by atoms with van der Waals surface area (Å²) in [5.41, 5.74) is 4.59. The van der Waals surface area contributed by atoms with E-state index in [1.54, 1.807) is 18.2 Å². The number of ether oxygens (including phenoxy) is 1. The van der Waals surface area contributed by atoms with E-state index in [-0.39, 0.29) is 5.75 Å². The minimum atomic E-state index is -1.36. The number of carboxylic acid groups (broad SMARTS) is 1. The Bertz CT molecular complexity index is 692. The number of halogens is 3. The zero-order valence-electron chi connectivity index (χ0n) is 9.86. The number of carbonyl (C=O) groups is 1. The molecule has 104 valence electrons. The van der Waals surface area contributed by atoms with Gasteiger partial charge >= 0.3 is 5.97 Å². The van der Waals surface area contributed by atoms with Crippen molar-refractivity contribution in [2.75, 3.05) is 5.73 Å². The molecule has 0 radical (unpaired) electrons. The van der Waals surface area contributed by atoms with Gasteiger partial charge in [-0.05, 0) is 46.3 Å². The van der Waals surface area contributed by atoms with Crippen LogP contribution in [0.4, 0.5) is 10.1 Å². The molecule has 0 aliphatic carbocycles. The molecule has 0 atom stereocenters. The highest BCUT2D eigenvalue weighted by Gasteiger charge is 2.19. The smallest absolute Gasteiger partial charge is 0.341 e. The van der Waals surface area contributed by atoms with Crippen LogP contribution in [-0.4, -0.2) is 11.1 Å². The predicted octanol–water partition coefficient (Wildman–Crippen LogP) is 4.42. The summed E-state index contributed by atoms with van der Waals surface area (Å²) < 4.78 is 20.3. The van der Waals surface area contributed by atoms with Gasteiger partial charge in [0.1, 0.15) is 22.9 Å². The Kier molecular flexibility index (Phi) is 4.29. The van der Waals surface area contributed by atoms with Crippen LogP contribution < -0.4 is 10.5 Å². The molecule has 0 aromatic heterocycles. The Hall–Kier alpha value is -1.60. The second kappa shape index (κ2) is 5.80. The zero-order chi connectivity index (χ0) is 14.9. The van der Waals surface area contributed by atoms with Crippen LogP contribution in [0.5, 0.6) is 11.5 Å². The summed E-state index contributed by atoms with van der Waals surface area (Å²) in [6, 6.07) is 7.39. The van der Waals surface area contributed by atoms with E-state index in [0.29, 0.717) is 10.2 Å². The van der Waals surface area contributed by atoms with Crippen molar-refractivity contribution in [3.63, 3.8) is 0 Å². The molecule has 0 saturated heterocycles. The molecule has 20 heavy (non-hydrogen) atoms. The number of anilines is 1. The molecular formula is C13H8Br2FNO3. The number of carboxylic acids is 1. The Morgan fingerprint density at radius 1 is 1.20 bits per heavy atom. The minimum absolute atomic E-state index is 0.0283. The molecule has 2 aromatic carbocycles. The van der Waals surface area contributed by atoms with Crippen molar-refractivity contribution >= 4 is 43.5 Å². The van der Waals surface area contributed by atoms with Gasteiger partial charge in [0.15, 0.2) is 0 Å². The van der Waals surface area contributed by atoms with Gasteiger partial charge in [-0.25, -0.2) is 9.18 Å². The average molecular weight is 405 g/mol. The number of nitrogens with two attached hydrogens (primary N) is 1. The fraction of sp³-hybridized carbons (Fsp3) is 0. The summed E-state index contributed by atoms with van der Waals surface area (Å²) >= 11 is 6.58. The van der Waals surface area contributed by atoms with Gasteiger partial charge in [-0.1, -0.05) is 15.9 Å². The topological polar surface area (TPSA) is 72.5 Å². The van der Waals surface area contributed by atoms with Crippen LogP contribution in [0.15, 0.2) is 39.3 Å². The number of nitrogen functional groups attached to an aromatic ring is 1. The normalized spacial score (nSPS) is 10.3. The molecule has 0 aliphatic heterocycles. The van der Waals surface area contributed by atoms with Gasteiger partial charge < -0.3 is 15.6 Å². The van der Waals surface area contributed by atoms with Gasteiger partial charge in [0.25, 0.3) is 0 Å². The SMILES string of the molecule is Nc1c(F)ccc(Oc2ccc(Br)cc2Br)c1C(=O)O. The average Bonchev–Trinajstić information content (AvgIpc) is 2.36. The molecule has 0 fully saturated rings. The van der Waals surface area contributed by atoms with Crippen LogP contribution in [0.1, 0.15) is 10.4 Å². The van der Waals surface area contributed by atoms with E-state index in [9.17, 15) is 9.18 Å². The molecule has 0 spiro atoms. The Labute approximate surface area is 130 Å². The number of hydrogen-bond acceptors (Lipinski definition) is 3. The van der Waals surface area contributed by atoms with Crippen LogP contribution in [0.25, 0.3) is 0 Å². The van der Waals surface area contributed by atoms with E-state index in [0.717, 1.165) is 10.5 Å². The second-order valence-electron chi connectivity index (χ2n) is 3.82. The van der Waals surface area contributed by atoms with Gasteiger partial charge in [-0.2, -0.15) is 0 Å². The van der Waals surface area contributed by atoms with E-state index in [2.05, 4.69) is 31.9 Å². The molecule has 0 aliphatic rings. The summed E-state index contributed by atoms with van der Waals surface area (Å²) in [5, 5.41) is 9.12. The molecule has 0 amide bonds. The first-order chi connectivity index (χ1) is 9.40. The van der Waals surface area contributed by atoms with Crippen molar-refractivity contribution in [3.05, 3.63) is 50.7 Å². The zero-order valence-corrected chi connectivity index (χ0v) is 13.0. The molecule has 7 heteroatoms. The van der Waals surface area contributed by atoms with Crippen LogP contribution in [0.3, 0.4) is 0 Å². The van der Waals surface area contributed by atoms with Gasteiger partial charge in [-0.3, -0.25) is 0 Å². The van der Waals surface area contributed by atoms with Gasteiger partial charge in [0.2, 0.25) is 0 Å². The lowest BCUT2D eigenvalue weighted by Gasteiger charge is -2.12. The van der Waals surface area contributed by atoms with Crippen LogP contribution in [-0.2, 0) is 0 Å². The molecule has 0 unspecified atom stereocenters. The highest BCUT2D eigenvalue weighted by Crippen LogP contribution is 2.35. The van der Waals surface area contributed by atoms with Crippen molar-refractivity contribution in [2.45, 2.75) is 0 Å². The summed E-state index contributed by atoms with van der Waals surface area (Å²) in [6.07, 6.45) is 0. The highest BCUT2D eigenvalue weighted by atomic mass is 79.9. The Balaban J connectivity index is 2.48. The third kappa shape index (κ3) is 2.94. The maximum atomic E-state index is 13.3. The van der Waals surface area contributed by atoms with E-state index in [1.807, 2.05) is 0 Å². The summed E-state index contributed by atoms with van der Waals surface area (Å²) in [6.45, 7) is 0. The third-order valence-electron chi connectivity index (χ3n) is 2.48. The highest BCUT2D eigenvalue weighted by molar-refractivity contribution is 9.11. The minimum Gasteiger partial charge on any atom is -0.477 e. The second-order valence-corrected chi connectivity index (χ2v) is 5.59. The lowest BCUT2D eigenvalue weighted by atomic mass is 10.1. The lowest BCUT2D eigenvalue weighted by Crippen LogP contribution is -2.07. The Morgan fingerprint density at radius 2 is 1.85 bits per heavy atom. The number of rotatable bonds is 3. The first-order valence-corrected chi connectivity index (χ1v) is 6.93. The maximum absolute atomic E-state index is 13.3. The van der Waals surface area contributed by atoms with E-state index >= 15 is 0 Å². The number of benzene rings is 2. The van der Waals surface area contributed by atoms with Gasteiger partial charge in [0, 0.05) is 4.47 Å². The number of hydrogen-bond donors (Lipinski definition) is 2. The molecule has 3 N–H and O–H groups in total. The molecule has 4 nitrogen and oxygen atoms in total. The quantitative estimate of drug-likeness (QED) is 0.742. The van der Waals surface area contributed by atoms with E-state index in [1.165, 1.54) is 6.07 Å². The maximum Gasteiger partial charge on any atom is 0.341 e. The van der Waals surface area contributed by atoms with Crippen LogP contribution >= 0.6 is 31.9 Å². The molecule has 0 saturated carbocycles. The summed E-state index contributed by atoms with van der Waals surface area (Å²) in [7, 11) is 0. The monoisotopic (exact) mass is 403 g/mol. The van der Waals surface area contributed by atoms with Gasteiger partial charge in [-0.15, -0.1) is 0 Å².